The number of benzene rings is 1. The van der Waals surface area contributed by atoms with E-state index in [1.54, 1.807) is 5.01 Å². The van der Waals surface area contributed by atoms with Crippen LogP contribution in [0.5, 0.6) is 0 Å². The largest absolute Gasteiger partial charge is 0.373 e. The third kappa shape index (κ3) is 4.05. The fraction of sp³-hybridized carbons (Fsp3) is 0.429. The Morgan fingerprint density at radius 3 is 2.96 bits per heavy atom. The molecule has 0 spiro atoms. The first-order chi connectivity index (χ1) is 12.5. The number of fused-ring (bicyclic) bond motifs is 1. The molecule has 5 nitrogen and oxygen atoms in total. The Kier molecular flexibility index (Phi) is 5.57. The van der Waals surface area contributed by atoms with Crippen molar-refractivity contribution in [2.75, 3.05) is 13.1 Å². The van der Waals surface area contributed by atoms with Crippen molar-refractivity contribution in [3.63, 3.8) is 0 Å². The van der Waals surface area contributed by atoms with Gasteiger partial charge < -0.3 is 15.2 Å². The first-order valence-corrected chi connectivity index (χ1v) is 9.45. The maximum atomic E-state index is 6.36. The Morgan fingerprint density at radius 1 is 1.38 bits per heavy atom. The van der Waals surface area contributed by atoms with Crippen molar-refractivity contribution in [2.45, 2.75) is 45.7 Å². The van der Waals surface area contributed by atoms with E-state index in [1.165, 1.54) is 16.6 Å². The van der Waals surface area contributed by atoms with Crippen LogP contribution in [-0.4, -0.2) is 34.0 Å². The van der Waals surface area contributed by atoms with Crippen LogP contribution in [-0.2, 0) is 6.54 Å². The molecule has 1 aromatic carbocycles. The number of rotatable bonds is 7. The van der Waals surface area contributed by atoms with Crippen molar-refractivity contribution < 1.29 is 0 Å². The van der Waals surface area contributed by atoms with Gasteiger partial charge in [0, 0.05) is 30.0 Å². The molecule has 1 atom stereocenters. The molecule has 0 bridgehead atoms. The summed E-state index contributed by atoms with van der Waals surface area (Å²) < 4.78 is 0. The monoisotopic (exact) mass is 353 g/mol. The third-order valence-electron chi connectivity index (χ3n) is 5.27. The van der Waals surface area contributed by atoms with Gasteiger partial charge in [-0.1, -0.05) is 31.7 Å². The molecular formula is C21H31N5. The van der Waals surface area contributed by atoms with Crippen LogP contribution >= 0.6 is 0 Å². The molecule has 26 heavy (non-hydrogen) atoms. The first-order valence-electron chi connectivity index (χ1n) is 9.45. The van der Waals surface area contributed by atoms with Crippen molar-refractivity contribution in [2.24, 2.45) is 5.84 Å². The summed E-state index contributed by atoms with van der Waals surface area (Å²) in [5.74, 6) is 7.12. The molecule has 0 saturated carbocycles. The van der Waals surface area contributed by atoms with E-state index in [0.717, 1.165) is 49.4 Å². The van der Waals surface area contributed by atoms with Crippen molar-refractivity contribution >= 4 is 10.9 Å². The van der Waals surface area contributed by atoms with E-state index < -0.39 is 0 Å². The number of aromatic nitrogens is 1. The van der Waals surface area contributed by atoms with E-state index in [1.807, 2.05) is 0 Å². The Balaban J connectivity index is 1.57. The van der Waals surface area contributed by atoms with E-state index in [-0.39, 0.29) is 6.04 Å². The van der Waals surface area contributed by atoms with Gasteiger partial charge in [0.25, 0.3) is 0 Å². The fourth-order valence-electron chi connectivity index (χ4n) is 3.61. The number of piperidine rings is 1. The van der Waals surface area contributed by atoms with Gasteiger partial charge in [0.2, 0.25) is 0 Å². The molecule has 1 fully saturated rings. The van der Waals surface area contributed by atoms with Crippen molar-refractivity contribution in [3.8, 4) is 0 Å². The molecule has 0 amide bonds. The predicted octanol–water partition coefficient (Wildman–Crippen LogP) is 3.60. The minimum absolute atomic E-state index is 0.261. The summed E-state index contributed by atoms with van der Waals surface area (Å²) in [6.45, 7) is 15.2. The van der Waals surface area contributed by atoms with Gasteiger partial charge >= 0.3 is 0 Å². The summed E-state index contributed by atoms with van der Waals surface area (Å²) in [4.78, 5) is 5.79. The average Bonchev–Trinajstić information content (AvgIpc) is 3.06. The molecule has 1 unspecified atom stereocenters. The molecule has 1 saturated heterocycles. The van der Waals surface area contributed by atoms with E-state index in [0.29, 0.717) is 6.54 Å². The molecule has 140 valence electrons. The molecule has 1 aromatic heterocycles. The first kappa shape index (κ1) is 18.4. The average molecular weight is 354 g/mol. The zero-order chi connectivity index (χ0) is 18.7. The second-order valence-electron chi connectivity index (χ2n) is 7.25. The molecule has 2 aromatic rings. The lowest BCUT2D eigenvalue weighted by atomic mass is 10.0. The molecule has 1 aliphatic rings. The predicted molar refractivity (Wildman–Crippen MR) is 109 cm³/mol. The minimum atomic E-state index is 0.261. The third-order valence-corrected chi connectivity index (χ3v) is 5.27. The van der Waals surface area contributed by atoms with E-state index in [2.05, 4.69) is 66.5 Å². The molecule has 3 rings (SSSR count). The smallest absolute Gasteiger partial charge is 0.109 e. The van der Waals surface area contributed by atoms with Gasteiger partial charge in [-0.15, -0.1) is 0 Å². The van der Waals surface area contributed by atoms with Crippen LogP contribution in [0.15, 0.2) is 48.9 Å². The zero-order valence-electron chi connectivity index (χ0n) is 16.0. The highest BCUT2D eigenvalue weighted by atomic mass is 15.5. The number of hydrazine groups is 1. The van der Waals surface area contributed by atoms with Crippen LogP contribution in [0, 0.1) is 6.92 Å². The Hall–Kier alpha value is -2.40. The van der Waals surface area contributed by atoms with Crippen LogP contribution in [0.1, 0.15) is 37.4 Å². The number of aryl methyl sites for hydroxylation is 1. The number of H-pyrrole nitrogens is 1. The number of nitrogens with one attached hydrogen (secondary N) is 2. The molecule has 1 aliphatic heterocycles. The highest BCUT2D eigenvalue weighted by Crippen LogP contribution is 2.20. The van der Waals surface area contributed by atoms with Gasteiger partial charge in [-0.05, 0) is 49.8 Å². The normalized spacial score (nSPS) is 17.3. The van der Waals surface area contributed by atoms with Crippen molar-refractivity contribution in [1.29, 1.82) is 0 Å². The number of allylic oxidation sites excluding steroid dienone is 1. The summed E-state index contributed by atoms with van der Waals surface area (Å²) in [7, 11) is 0. The summed E-state index contributed by atoms with van der Waals surface area (Å²) in [5.41, 5.74) is 4.74. The topological polar surface area (TPSA) is 60.3 Å². The quantitative estimate of drug-likeness (QED) is 0.526. The molecule has 0 aliphatic carbocycles. The van der Waals surface area contributed by atoms with Crippen LogP contribution in [0.3, 0.4) is 0 Å². The highest BCUT2D eigenvalue weighted by Gasteiger charge is 2.24. The summed E-state index contributed by atoms with van der Waals surface area (Å²) in [6, 6.07) is 8.87. The highest BCUT2D eigenvalue weighted by molar-refractivity contribution is 5.81. The Bertz CT molecular complexity index is 791. The number of aromatic amines is 1. The fourth-order valence-corrected chi connectivity index (χ4v) is 3.61. The van der Waals surface area contributed by atoms with Gasteiger partial charge in [0.1, 0.15) is 5.82 Å². The van der Waals surface area contributed by atoms with E-state index in [9.17, 15) is 0 Å². The standard InChI is InChI=1S/C21H31N5/c1-5-16(3)25-10-6-7-20(14-25)26(22)17(4)23-13-19-12-18-11-15(2)8-9-21(18)24-19/h8-9,11-12,20,23-24H,3-7,10,13-14,22H2,1-2H3. The van der Waals surface area contributed by atoms with Gasteiger partial charge in [-0.2, -0.15) is 0 Å². The maximum Gasteiger partial charge on any atom is 0.109 e. The summed E-state index contributed by atoms with van der Waals surface area (Å²) in [6.07, 6.45) is 3.19. The second kappa shape index (κ2) is 7.87. The second-order valence-corrected chi connectivity index (χ2v) is 7.25. The summed E-state index contributed by atoms with van der Waals surface area (Å²) in [5, 5.41) is 6.39. The minimum Gasteiger partial charge on any atom is -0.373 e. The lowest BCUT2D eigenvalue weighted by Gasteiger charge is -2.40. The molecule has 5 heteroatoms. The number of hydrogen-bond acceptors (Lipinski definition) is 4. The van der Waals surface area contributed by atoms with E-state index >= 15 is 0 Å². The summed E-state index contributed by atoms with van der Waals surface area (Å²) >= 11 is 0. The number of hydrogen-bond donors (Lipinski definition) is 3. The molecule has 4 N–H and O–H groups in total. The Morgan fingerprint density at radius 2 is 2.19 bits per heavy atom. The van der Waals surface area contributed by atoms with Crippen molar-refractivity contribution in [3.05, 3.63) is 60.2 Å². The van der Waals surface area contributed by atoms with Gasteiger partial charge in [-0.25, -0.2) is 5.84 Å². The van der Waals surface area contributed by atoms with Crippen LogP contribution < -0.4 is 11.2 Å². The Labute approximate surface area is 156 Å². The van der Waals surface area contributed by atoms with Crippen LogP contribution in [0.4, 0.5) is 0 Å². The van der Waals surface area contributed by atoms with E-state index in [4.69, 9.17) is 5.84 Å². The van der Waals surface area contributed by atoms with Gasteiger partial charge in [-0.3, -0.25) is 5.01 Å². The maximum absolute atomic E-state index is 6.36. The molecule has 2 heterocycles. The number of nitrogens with two attached hydrogens (primary N) is 1. The molecule has 0 radical (unpaired) electrons. The van der Waals surface area contributed by atoms with Crippen molar-refractivity contribution in [1.82, 2.24) is 20.2 Å². The zero-order valence-corrected chi connectivity index (χ0v) is 16.0. The van der Waals surface area contributed by atoms with Crippen LogP contribution in [0.25, 0.3) is 10.9 Å². The number of likely N-dealkylation sites (tertiary alicyclic amines) is 1. The lowest BCUT2D eigenvalue weighted by molar-refractivity contribution is 0.137. The molecular weight excluding hydrogens is 322 g/mol. The number of nitrogens with zero attached hydrogens (tertiary/aromatic N) is 2. The van der Waals surface area contributed by atoms with Gasteiger partial charge in [0.15, 0.2) is 0 Å². The lowest BCUT2D eigenvalue weighted by Crippen LogP contribution is -2.51. The van der Waals surface area contributed by atoms with Gasteiger partial charge in [0.05, 0.1) is 12.6 Å². The van der Waals surface area contributed by atoms with Crippen LogP contribution in [0.2, 0.25) is 0 Å². The SMILES string of the molecule is C=C(CC)N1CCCC(N(N)C(=C)NCc2cc3cc(C)ccc3[nH]2)C1.